The number of hydrogen-bond acceptors (Lipinski definition) is 2. The summed E-state index contributed by atoms with van der Waals surface area (Å²) >= 11 is 0. The molecule has 0 spiro atoms. The lowest BCUT2D eigenvalue weighted by molar-refractivity contribution is -0.157. The third-order valence-electron chi connectivity index (χ3n) is 4.34. The average Bonchev–Trinajstić information content (AvgIpc) is 2.99. The van der Waals surface area contributed by atoms with Crippen LogP contribution in [0.3, 0.4) is 0 Å². The molecule has 2 heterocycles. The van der Waals surface area contributed by atoms with Gasteiger partial charge in [0.05, 0.1) is 0 Å². The topological polar surface area (TPSA) is 40.6 Å². The van der Waals surface area contributed by atoms with Gasteiger partial charge in [-0.15, -0.1) is 0 Å². The molecule has 0 radical (unpaired) electrons. The first-order valence-electron chi connectivity index (χ1n) is 7.51. The van der Waals surface area contributed by atoms with Crippen LogP contribution >= 0.6 is 0 Å². The number of rotatable bonds is 3. The molecule has 4 nitrogen and oxygen atoms in total. The fourth-order valence-corrected chi connectivity index (χ4v) is 3.16. The number of carbonyl (C=O) groups is 2. The molecular weight excluding hydrogens is 264 g/mol. The number of fused-ring (bicyclic) bond motifs is 1. The van der Waals surface area contributed by atoms with Crippen molar-refractivity contribution in [3.05, 3.63) is 42.0 Å². The number of benzene rings is 1. The van der Waals surface area contributed by atoms with Crippen LogP contribution in [0.2, 0.25) is 0 Å². The summed E-state index contributed by atoms with van der Waals surface area (Å²) in [7, 11) is 0. The summed E-state index contributed by atoms with van der Waals surface area (Å²) in [6.45, 7) is 3.05. The summed E-state index contributed by atoms with van der Waals surface area (Å²) < 4.78 is 0. The summed E-state index contributed by atoms with van der Waals surface area (Å²) in [5.41, 5.74) is 1.10. The first-order valence-corrected chi connectivity index (χ1v) is 7.51. The van der Waals surface area contributed by atoms with Crippen molar-refractivity contribution in [2.45, 2.75) is 31.8 Å². The summed E-state index contributed by atoms with van der Waals surface area (Å²) in [6, 6.07) is 9.39. The van der Waals surface area contributed by atoms with E-state index in [1.54, 1.807) is 9.80 Å². The first-order chi connectivity index (χ1) is 10.2. The number of hydrogen-bond donors (Lipinski definition) is 0. The molecule has 0 bridgehead atoms. The number of amides is 2. The van der Waals surface area contributed by atoms with Crippen LogP contribution < -0.4 is 0 Å². The average molecular weight is 284 g/mol. The molecule has 0 unspecified atom stereocenters. The van der Waals surface area contributed by atoms with Gasteiger partial charge in [0.25, 0.3) is 0 Å². The zero-order chi connectivity index (χ0) is 14.8. The van der Waals surface area contributed by atoms with Gasteiger partial charge in [-0.2, -0.15) is 0 Å². The maximum absolute atomic E-state index is 12.5. The molecule has 110 valence electrons. The van der Waals surface area contributed by atoms with Crippen molar-refractivity contribution in [1.29, 1.82) is 0 Å². The van der Waals surface area contributed by atoms with Gasteiger partial charge in [0.1, 0.15) is 12.1 Å². The van der Waals surface area contributed by atoms with Crippen LogP contribution in [0.15, 0.2) is 36.4 Å². The molecule has 2 fully saturated rings. The third kappa shape index (κ3) is 2.58. The Morgan fingerprint density at radius 1 is 1.19 bits per heavy atom. The van der Waals surface area contributed by atoms with Gasteiger partial charge in [-0.05, 0) is 25.3 Å². The van der Waals surface area contributed by atoms with Crippen LogP contribution in [0, 0.1) is 0 Å². The number of nitrogens with zero attached hydrogens (tertiary/aromatic N) is 2. The van der Waals surface area contributed by atoms with E-state index in [4.69, 9.17) is 0 Å². The molecule has 0 saturated carbocycles. The van der Waals surface area contributed by atoms with Gasteiger partial charge < -0.3 is 9.80 Å². The minimum atomic E-state index is -0.354. The van der Waals surface area contributed by atoms with Crippen LogP contribution in [0.4, 0.5) is 0 Å². The molecule has 2 aliphatic heterocycles. The van der Waals surface area contributed by atoms with Gasteiger partial charge in [0.2, 0.25) is 11.8 Å². The van der Waals surface area contributed by atoms with Crippen molar-refractivity contribution in [3.8, 4) is 0 Å². The predicted octanol–water partition coefficient (Wildman–Crippen LogP) is 1.92. The van der Waals surface area contributed by atoms with Crippen molar-refractivity contribution in [2.75, 3.05) is 13.1 Å². The summed E-state index contributed by atoms with van der Waals surface area (Å²) in [6.07, 6.45) is 5.69. The molecular formula is C17H20N2O2. The Balaban J connectivity index is 1.71. The molecule has 2 saturated heterocycles. The lowest BCUT2D eigenvalue weighted by atomic mass is 10.1. The lowest BCUT2D eigenvalue weighted by Crippen LogP contribution is -2.61. The van der Waals surface area contributed by atoms with Gasteiger partial charge in [0.15, 0.2) is 0 Å². The molecule has 2 atom stereocenters. The van der Waals surface area contributed by atoms with Crippen LogP contribution in [0.25, 0.3) is 6.08 Å². The van der Waals surface area contributed by atoms with Gasteiger partial charge in [-0.3, -0.25) is 9.59 Å². The van der Waals surface area contributed by atoms with Gasteiger partial charge in [-0.1, -0.05) is 42.5 Å². The normalized spacial score (nSPS) is 25.8. The third-order valence-corrected chi connectivity index (χ3v) is 4.34. The molecule has 0 aliphatic carbocycles. The van der Waals surface area contributed by atoms with Crippen molar-refractivity contribution in [1.82, 2.24) is 9.80 Å². The smallest absolute Gasteiger partial charge is 0.246 e. The molecule has 3 rings (SSSR count). The van der Waals surface area contributed by atoms with Crippen molar-refractivity contribution < 1.29 is 9.59 Å². The summed E-state index contributed by atoms with van der Waals surface area (Å²) in [5.74, 6) is 0.183. The fraction of sp³-hybridized carbons (Fsp3) is 0.412. The molecule has 21 heavy (non-hydrogen) atoms. The highest BCUT2D eigenvalue weighted by molar-refractivity contribution is 5.97. The highest BCUT2D eigenvalue weighted by Crippen LogP contribution is 2.26. The Bertz CT molecular complexity index is 567. The van der Waals surface area contributed by atoms with Crippen molar-refractivity contribution >= 4 is 17.9 Å². The monoisotopic (exact) mass is 284 g/mol. The second-order valence-electron chi connectivity index (χ2n) is 5.67. The van der Waals surface area contributed by atoms with Crippen LogP contribution in [0.1, 0.15) is 25.3 Å². The second-order valence-corrected chi connectivity index (χ2v) is 5.67. The van der Waals surface area contributed by atoms with Gasteiger partial charge >= 0.3 is 0 Å². The maximum Gasteiger partial charge on any atom is 0.246 e. The van der Waals surface area contributed by atoms with E-state index < -0.39 is 0 Å². The first kappa shape index (κ1) is 13.9. The van der Waals surface area contributed by atoms with E-state index in [2.05, 4.69) is 0 Å². The molecule has 1 aromatic carbocycles. The zero-order valence-electron chi connectivity index (χ0n) is 12.2. The van der Waals surface area contributed by atoms with Crippen LogP contribution in [-0.2, 0) is 9.59 Å². The quantitative estimate of drug-likeness (QED) is 0.851. The fourth-order valence-electron chi connectivity index (χ4n) is 3.16. The highest BCUT2D eigenvalue weighted by Gasteiger charge is 2.45. The SMILES string of the molecule is C[C@H]1C(=O)N2CCC[C@H]2C(=O)N1CC=Cc1ccccc1. The minimum Gasteiger partial charge on any atom is -0.329 e. The lowest BCUT2D eigenvalue weighted by Gasteiger charge is -2.40. The molecule has 2 amide bonds. The Labute approximate surface area is 125 Å². The van der Waals surface area contributed by atoms with Crippen LogP contribution in [0.5, 0.6) is 0 Å². The van der Waals surface area contributed by atoms with Crippen molar-refractivity contribution in [3.63, 3.8) is 0 Å². The molecule has 2 aliphatic rings. The van der Waals surface area contributed by atoms with E-state index in [1.165, 1.54) is 0 Å². The van der Waals surface area contributed by atoms with E-state index in [9.17, 15) is 9.59 Å². The standard InChI is InChI=1S/C17H20N2O2/c1-13-16(20)19-12-6-10-15(19)17(21)18(13)11-5-9-14-7-3-2-4-8-14/h2-5,7-9,13,15H,6,10-12H2,1H3/t13-,15-/m0/s1. The Morgan fingerprint density at radius 2 is 1.95 bits per heavy atom. The molecule has 0 aromatic heterocycles. The van der Waals surface area contributed by atoms with E-state index in [1.807, 2.05) is 49.4 Å². The molecule has 1 aromatic rings. The van der Waals surface area contributed by atoms with Gasteiger partial charge in [0, 0.05) is 13.1 Å². The van der Waals surface area contributed by atoms with E-state index >= 15 is 0 Å². The summed E-state index contributed by atoms with van der Waals surface area (Å²) in [5, 5.41) is 0. The van der Waals surface area contributed by atoms with E-state index in [-0.39, 0.29) is 23.9 Å². The highest BCUT2D eigenvalue weighted by atomic mass is 16.2. The van der Waals surface area contributed by atoms with Crippen LogP contribution in [-0.4, -0.2) is 46.8 Å². The minimum absolute atomic E-state index is 0.0882. The van der Waals surface area contributed by atoms with E-state index in [0.717, 1.165) is 24.9 Å². The summed E-state index contributed by atoms with van der Waals surface area (Å²) in [4.78, 5) is 28.3. The number of piperazine rings is 1. The van der Waals surface area contributed by atoms with E-state index in [0.29, 0.717) is 6.54 Å². The molecule has 4 heteroatoms. The second kappa shape index (κ2) is 5.72. The van der Waals surface area contributed by atoms with Crippen molar-refractivity contribution in [2.24, 2.45) is 0 Å². The van der Waals surface area contributed by atoms with Gasteiger partial charge in [-0.25, -0.2) is 0 Å². The zero-order valence-corrected chi connectivity index (χ0v) is 12.2. The predicted molar refractivity (Wildman–Crippen MR) is 81.4 cm³/mol. The molecule has 0 N–H and O–H groups in total. The Hall–Kier alpha value is -2.10. The Morgan fingerprint density at radius 3 is 2.71 bits per heavy atom. The number of carbonyl (C=O) groups excluding carboxylic acids is 2. The maximum atomic E-state index is 12.5. The Kier molecular flexibility index (Phi) is 3.78. The largest absolute Gasteiger partial charge is 0.329 e.